The molecule has 0 heterocycles. The van der Waals surface area contributed by atoms with Crippen LogP contribution in [0.4, 0.5) is 0 Å². The highest BCUT2D eigenvalue weighted by Crippen LogP contribution is 2.30. The maximum atomic E-state index is 6.39. The number of rotatable bonds is 3. The Morgan fingerprint density at radius 1 is 1.06 bits per heavy atom. The summed E-state index contributed by atoms with van der Waals surface area (Å²) in [6.45, 7) is 13.2. The van der Waals surface area contributed by atoms with E-state index in [0.29, 0.717) is 5.92 Å². The van der Waals surface area contributed by atoms with Gasteiger partial charge in [-0.2, -0.15) is 0 Å². The second-order valence-electron chi connectivity index (χ2n) is 5.09. The number of benzene rings is 1. The van der Waals surface area contributed by atoms with Crippen LogP contribution in [0.1, 0.15) is 54.1 Å². The fourth-order valence-electron chi connectivity index (χ4n) is 2.29. The molecule has 1 heteroatoms. The van der Waals surface area contributed by atoms with E-state index in [1.807, 2.05) is 0 Å². The fraction of sp³-hybridized carbons (Fsp3) is 0.600. The monoisotopic (exact) mass is 219 g/mol. The summed E-state index contributed by atoms with van der Waals surface area (Å²) in [5.74, 6) is 0.540. The van der Waals surface area contributed by atoms with E-state index in [-0.39, 0.29) is 6.04 Å². The Bertz CT molecular complexity index is 353. The van der Waals surface area contributed by atoms with Gasteiger partial charge in [0.05, 0.1) is 0 Å². The van der Waals surface area contributed by atoms with Gasteiger partial charge in [-0.1, -0.05) is 26.3 Å². The van der Waals surface area contributed by atoms with Crippen LogP contribution in [0, 0.1) is 33.6 Å². The Kier molecular flexibility index (Phi) is 4.15. The van der Waals surface area contributed by atoms with Crippen LogP contribution < -0.4 is 5.73 Å². The van der Waals surface area contributed by atoms with Crippen LogP contribution in [0.25, 0.3) is 0 Å². The van der Waals surface area contributed by atoms with Crippen LogP contribution in [0.3, 0.4) is 0 Å². The van der Waals surface area contributed by atoms with Crippen molar-refractivity contribution < 1.29 is 0 Å². The molecule has 0 saturated carbocycles. The van der Waals surface area contributed by atoms with Crippen molar-refractivity contribution in [2.75, 3.05) is 0 Å². The molecule has 0 spiro atoms. The van der Waals surface area contributed by atoms with Crippen LogP contribution in [-0.2, 0) is 0 Å². The third kappa shape index (κ3) is 2.30. The summed E-state index contributed by atoms with van der Waals surface area (Å²) in [5, 5.41) is 0. The van der Waals surface area contributed by atoms with Crippen LogP contribution in [-0.4, -0.2) is 0 Å². The van der Waals surface area contributed by atoms with Crippen molar-refractivity contribution in [3.8, 4) is 0 Å². The van der Waals surface area contributed by atoms with Crippen molar-refractivity contribution in [2.45, 2.75) is 54.0 Å². The summed E-state index contributed by atoms with van der Waals surface area (Å²) in [6, 6.07) is 2.43. The van der Waals surface area contributed by atoms with Gasteiger partial charge in [0.2, 0.25) is 0 Å². The molecule has 0 aliphatic rings. The van der Waals surface area contributed by atoms with Gasteiger partial charge in [0.15, 0.2) is 0 Å². The highest BCUT2D eigenvalue weighted by Gasteiger charge is 2.19. The van der Waals surface area contributed by atoms with Crippen LogP contribution in [0.5, 0.6) is 0 Å². The van der Waals surface area contributed by atoms with E-state index in [4.69, 9.17) is 5.73 Å². The van der Waals surface area contributed by atoms with E-state index in [2.05, 4.69) is 47.6 Å². The summed E-state index contributed by atoms with van der Waals surface area (Å²) in [7, 11) is 0. The lowest BCUT2D eigenvalue weighted by atomic mass is 9.84. The number of aryl methyl sites for hydroxylation is 2. The maximum absolute atomic E-state index is 6.39. The first kappa shape index (κ1) is 13.2. The molecule has 1 aromatic carbocycles. The molecule has 0 amide bonds. The summed E-state index contributed by atoms with van der Waals surface area (Å²) in [5.41, 5.74) is 13.2. The molecule has 0 aliphatic carbocycles. The van der Waals surface area contributed by atoms with Crippen molar-refractivity contribution in [3.63, 3.8) is 0 Å². The molecule has 1 aromatic rings. The third-order valence-corrected chi connectivity index (χ3v) is 4.01. The zero-order valence-corrected chi connectivity index (χ0v) is 11.5. The van der Waals surface area contributed by atoms with Gasteiger partial charge in [-0.25, -0.2) is 0 Å². The van der Waals surface area contributed by atoms with E-state index in [0.717, 1.165) is 6.42 Å². The molecule has 0 fully saturated rings. The molecule has 0 aromatic heterocycles. The van der Waals surface area contributed by atoms with Crippen molar-refractivity contribution in [3.05, 3.63) is 33.9 Å². The molecule has 90 valence electrons. The van der Waals surface area contributed by atoms with Gasteiger partial charge in [-0.15, -0.1) is 0 Å². The van der Waals surface area contributed by atoms with Crippen LogP contribution >= 0.6 is 0 Å². The molecule has 0 bridgehead atoms. The molecule has 2 atom stereocenters. The Morgan fingerprint density at radius 2 is 1.50 bits per heavy atom. The van der Waals surface area contributed by atoms with E-state index in [1.54, 1.807) is 0 Å². The molecule has 0 aliphatic heterocycles. The molecular formula is C15H25N. The summed E-state index contributed by atoms with van der Waals surface area (Å²) in [6.07, 6.45) is 1.13. The molecule has 2 unspecified atom stereocenters. The minimum Gasteiger partial charge on any atom is -0.324 e. The molecule has 1 nitrogen and oxygen atoms in total. The van der Waals surface area contributed by atoms with Gasteiger partial charge in [-0.05, 0) is 61.4 Å². The summed E-state index contributed by atoms with van der Waals surface area (Å²) in [4.78, 5) is 0. The first-order valence-electron chi connectivity index (χ1n) is 6.23. The number of nitrogens with two attached hydrogens (primary N) is 1. The fourth-order valence-corrected chi connectivity index (χ4v) is 2.29. The first-order valence-corrected chi connectivity index (χ1v) is 6.23. The van der Waals surface area contributed by atoms with E-state index in [1.165, 1.54) is 27.8 Å². The van der Waals surface area contributed by atoms with Gasteiger partial charge < -0.3 is 5.73 Å². The second-order valence-corrected chi connectivity index (χ2v) is 5.09. The van der Waals surface area contributed by atoms with Gasteiger partial charge >= 0.3 is 0 Å². The third-order valence-electron chi connectivity index (χ3n) is 4.01. The average molecular weight is 219 g/mol. The molecule has 1 rings (SSSR count). The van der Waals surface area contributed by atoms with Crippen molar-refractivity contribution in [1.82, 2.24) is 0 Å². The standard InChI is InChI=1S/C15H25N/c1-7-9(2)15(16)14-12(5)10(3)8-11(4)13(14)6/h8-9,15H,7,16H2,1-6H3. The predicted molar refractivity (Wildman–Crippen MR) is 71.8 cm³/mol. The smallest absolute Gasteiger partial charge is 0.0326 e. The zero-order valence-electron chi connectivity index (χ0n) is 11.5. The quantitative estimate of drug-likeness (QED) is 0.818. The summed E-state index contributed by atoms with van der Waals surface area (Å²) < 4.78 is 0. The Hall–Kier alpha value is -0.820. The van der Waals surface area contributed by atoms with Crippen LogP contribution in [0.15, 0.2) is 6.07 Å². The Labute approximate surface area is 100 Å². The summed E-state index contributed by atoms with van der Waals surface area (Å²) >= 11 is 0. The molecule has 0 radical (unpaired) electrons. The van der Waals surface area contributed by atoms with Crippen molar-refractivity contribution in [1.29, 1.82) is 0 Å². The maximum Gasteiger partial charge on any atom is 0.0326 e. The topological polar surface area (TPSA) is 26.0 Å². The minimum atomic E-state index is 0.170. The predicted octanol–water partition coefficient (Wildman–Crippen LogP) is 3.97. The Morgan fingerprint density at radius 3 is 1.88 bits per heavy atom. The molecular weight excluding hydrogens is 194 g/mol. The lowest BCUT2D eigenvalue weighted by Crippen LogP contribution is -2.21. The van der Waals surface area contributed by atoms with Crippen molar-refractivity contribution in [2.24, 2.45) is 11.7 Å². The van der Waals surface area contributed by atoms with E-state index in [9.17, 15) is 0 Å². The molecule has 16 heavy (non-hydrogen) atoms. The van der Waals surface area contributed by atoms with Gasteiger partial charge in [0.1, 0.15) is 0 Å². The lowest BCUT2D eigenvalue weighted by molar-refractivity contribution is 0.453. The number of hydrogen-bond acceptors (Lipinski definition) is 1. The SMILES string of the molecule is CCC(C)C(N)c1c(C)c(C)cc(C)c1C. The van der Waals surface area contributed by atoms with Gasteiger partial charge in [0.25, 0.3) is 0 Å². The van der Waals surface area contributed by atoms with Gasteiger partial charge in [0, 0.05) is 6.04 Å². The molecule has 2 N–H and O–H groups in total. The van der Waals surface area contributed by atoms with E-state index < -0.39 is 0 Å². The largest absolute Gasteiger partial charge is 0.324 e. The van der Waals surface area contributed by atoms with Crippen LogP contribution in [0.2, 0.25) is 0 Å². The van der Waals surface area contributed by atoms with Gasteiger partial charge in [-0.3, -0.25) is 0 Å². The minimum absolute atomic E-state index is 0.170. The second kappa shape index (κ2) is 5.01. The first-order chi connectivity index (χ1) is 7.40. The van der Waals surface area contributed by atoms with E-state index >= 15 is 0 Å². The lowest BCUT2D eigenvalue weighted by Gasteiger charge is -2.25. The highest BCUT2D eigenvalue weighted by atomic mass is 14.7. The highest BCUT2D eigenvalue weighted by molar-refractivity contribution is 5.45. The van der Waals surface area contributed by atoms with Crippen molar-refractivity contribution >= 4 is 0 Å². The number of hydrogen-bond donors (Lipinski definition) is 1. The Balaban J connectivity index is 3.31. The average Bonchev–Trinajstić information content (AvgIpc) is 2.25. The molecule has 0 saturated heterocycles. The normalized spacial score (nSPS) is 14.9. The zero-order chi connectivity index (χ0) is 12.5.